The van der Waals surface area contributed by atoms with Crippen LogP contribution in [0.3, 0.4) is 0 Å². The maximum atomic E-state index is 11.7. The number of carbonyl (C=O) groups excluding carboxylic acids is 2. The van der Waals surface area contributed by atoms with E-state index < -0.39 is 5.97 Å². The third kappa shape index (κ3) is 2.19. The van der Waals surface area contributed by atoms with Crippen LogP contribution in [0.4, 0.5) is 5.69 Å². The van der Waals surface area contributed by atoms with Crippen LogP contribution in [0.15, 0.2) is 29.2 Å². The lowest BCUT2D eigenvalue weighted by Gasteiger charge is -2.28. The van der Waals surface area contributed by atoms with Gasteiger partial charge in [-0.1, -0.05) is 12.1 Å². The molecule has 0 unspecified atom stereocenters. The highest BCUT2D eigenvalue weighted by Crippen LogP contribution is 2.34. The zero-order valence-electron chi connectivity index (χ0n) is 8.51. The normalized spacial score (nSPS) is 14.8. The molecule has 2 rings (SSSR count). The van der Waals surface area contributed by atoms with Crippen molar-refractivity contribution in [1.82, 2.24) is 0 Å². The predicted molar refractivity (Wildman–Crippen MR) is 59.1 cm³/mol. The number of hydrogen-bond donors (Lipinski definition) is 0. The van der Waals surface area contributed by atoms with Crippen molar-refractivity contribution in [2.24, 2.45) is 0 Å². The Hall–Kier alpha value is -1.49. The van der Waals surface area contributed by atoms with Gasteiger partial charge in [0.25, 0.3) is 0 Å². The Labute approximate surface area is 97.3 Å². The number of amides is 1. The fourth-order valence-corrected chi connectivity index (χ4v) is 2.54. The second-order valence-corrected chi connectivity index (χ2v) is 4.44. The molecule has 0 spiro atoms. The van der Waals surface area contributed by atoms with Gasteiger partial charge >= 0.3 is 0 Å². The molecule has 0 fully saturated rings. The summed E-state index contributed by atoms with van der Waals surface area (Å²) in [6.07, 6.45) is -0.134. The first-order valence-corrected chi connectivity index (χ1v) is 5.89. The largest absolute Gasteiger partial charge is 0.550 e. The lowest BCUT2D eigenvalue weighted by Crippen LogP contribution is -2.38. The molecule has 1 amide bonds. The molecule has 4 nitrogen and oxygen atoms in total. The van der Waals surface area contributed by atoms with E-state index >= 15 is 0 Å². The van der Waals surface area contributed by atoms with Gasteiger partial charge in [0.15, 0.2) is 0 Å². The van der Waals surface area contributed by atoms with Crippen LogP contribution in [0.2, 0.25) is 0 Å². The summed E-state index contributed by atoms with van der Waals surface area (Å²) < 4.78 is 0. The number of hydrogen-bond acceptors (Lipinski definition) is 4. The van der Waals surface area contributed by atoms with Crippen molar-refractivity contribution in [3.8, 4) is 0 Å². The van der Waals surface area contributed by atoms with E-state index in [0.29, 0.717) is 5.75 Å². The Morgan fingerprint density at radius 1 is 1.44 bits per heavy atom. The number of benzene rings is 1. The van der Waals surface area contributed by atoms with E-state index in [1.54, 1.807) is 0 Å². The molecule has 0 aromatic heterocycles. The first-order chi connectivity index (χ1) is 7.68. The molecule has 1 aromatic carbocycles. The van der Waals surface area contributed by atoms with Gasteiger partial charge < -0.3 is 14.8 Å². The highest BCUT2D eigenvalue weighted by atomic mass is 32.2. The van der Waals surface area contributed by atoms with E-state index in [9.17, 15) is 14.7 Å². The van der Waals surface area contributed by atoms with E-state index in [-0.39, 0.29) is 18.9 Å². The summed E-state index contributed by atoms with van der Waals surface area (Å²) in [5.74, 6) is -0.821. The molecular weight excluding hydrogens is 226 g/mol. The molecule has 0 aliphatic carbocycles. The van der Waals surface area contributed by atoms with E-state index in [4.69, 9.17) is 0 Å². The van der Waals surface area contributed by atoms with Gasteiger partial charge in [0.1, 0.15) is 0 Å². The minimum atomic E-state index is -1.14. The Morgan fingerprint density at radius 2 is 2.19 bits per heavy atom. The van der Waals surface area contributed by atoms with Crippen molar-refractivity contribution in [2.45, 2.75) is 11.3 Å². The van der Waals surface area contributed by atoms with Crippen LogP contribution in [-0.2, 0) is 9.59 Å². The molecule has 1 aromatic rings. The van der Waals surface area contributed by atoms with E-state index in [1.165, 1.54) is 16.7 Å². The number of thioether (sulfide) groups is 1. The third-order valence-corrected chi connectivity index (χ3v) is 3.40. The summed E-state index contributed by atoms with van der Waals surface area (Å²) in [4.78, 5) is 24.6. The Morgan fingerprint density at radius 3 is 2.94 bits per heavy atom. The van der Waals surface area contributed by atoms with E-state index in [0.717, 1.165) is 10.6 Å². The molecule has 1 aliphatic heterocycles. The van der Waals surface area contributed by atoms with Crippen LogP contribution in [0.1, 0.15) is 6.42 Å². The molecule has 5 heteroatoms. The summed E-state index contributed by atoms with van der Waals surface area (Å²) in [5.41, 5.74) is 0.796. The van der Waals surface area contributed by atoms with Crippen LogP contribution in [0, 0.1) is 0 Å². The number of rotatable bonds is 3. The Balaban J connectivity index is 2.23. The first-order valence-electron chi connectivity index (χ1n) is 4.90. The maximum Gasteiger partial charge on any atom is 0.237 e. The molecule has 1 aliphatic rings. The average molecular weight is 236 g/mol. The summed E-state index contributed by atoms with van der Waals surface area (Å²) in [7, 11) is 0. The van der Waals surface area contributed by atoms with Gasteiger partial charge in [-0.05, 0) is 12.1 Å². The number of aliphatic carboxylic acids is 1. The molecular formula is C11H10NO3S-. The van der Waals surface area contributed by atoms with Crippen LogP contribution < -0.4 is 10.0 Å². The standard InChI is InChI=1S/C11H11NO3S/c13-10-7-16-9-4-2-1-3-8(9)12(10)6-5-11(14)15/h1-4H,5-7H2,(H,14,15)/p-1. The number of carboxylic acids is 1. The first kappa shape index (κ1) is 11.0. The number of carbonyl (C=O) groups is 2. The Bertz CT molecular complexity index is 433. The van der Waals surface area contributed by atoms with Crippen molar-refractivity contribution < 1.29 is 14.7 Å². The lowest BCUT2D eigenvalue weighted by molar-refractivity contribution is -0.305. The molecule has 0 saturated carbocycles. The van der Waals surface area contributed by atoms with Crippen LogP contribution in [-0.4, -0.2) is 24.2 Å². The van der Waals surface area contributed by atoms with Gasteiger partial charge in [-0.25, -0.2) is 0 Å². The lowest BCUT2D eigenvalue weighted by atomic mass is 10.2. The van der Waals surface area contributed by atoms with Crippen molar-refractivity contribution in [2.75, 3.05) is 17.2 Å². The number of para-hydroxylation sites is 1. The maximum absolute atomic E-state index is 11.7. The van der Waals surface area contributed by atoms with Crippen molar-refractivity contribution in [3.05, 3.63) is 24.3 Å². The SMILES string of the molecule is O=C([O-])CCN1C(=O)CSc2ccccc21. The van der Waals surface area contributed by atoms with Crippen LogP contribution >= 0.6 is 11.8 Å². The van der Waals surface area contributed by atoms with Crippen molar-refractivity contribution in [3.63, 3.8) is 0 Å². The highest BCUT2D eigenvalue weighted by Gasteiger charge is 2.23. The third-order valence-electron chi connectivity index (χ3n) is 2.35. The zero-order valence-corrected chi connectivity index (χ0v) is 9.33. The Kier molecular flexibility index (Phi) is 3.14. The molecule has 0 N–H and O–H groups in total. The number of nitrogens with zero attached hydrogens (tertiary/aromatic N) is 1. The molecule has 0 saturated heterocycles. The van der Waals surface area contributed by atoms with Gasteiger partial charge in [-0.2, -0.15) is 0 Å². The van der Waals surface area contributed by atoms with Gasteiger partial charge in [-0.15, -0.1) is 11.8 Å². The molecule has 1 heterocycles. The summed E-state index contributed by atoms with van der Waals surface area (Å²) in [6.45, 7) is 0.179. The van der Waals surface area contributed by atoms with E-state index in [2.05, 4.69) is 0 Å². The van der Waals surface area contributed by atoms with Gasteiger partial charge in [0.05, 0.1) is 11.4 Å². The van der Waals surface area contributed by atoms with Crippen molar-refractivity contribution >= 4 is 29.3 Å². The summed E-state index contributed by atoms with van der Waals surface area (Å²) >= 11 is 1.48. The predicted octanol–water partition coefficient (Wildman–Crippen LogP) is 0.265. The van der Waals surface area contributed by atoms with Crippen LogP contribution in [0.25, 0.3) is 0 Å². The molecule has 0 radical (unpaired) electrons. The number of anilines is 1. The summed E-state index contributed by atoms with van der Waals surface area (Å²) in [6, 6.07) is 7.50. The van der Waals surface area contributed by atoms with Gasteiger partial charge in [-0.3, -0.25) is 4.79 Å². The summed E-state index contributed by atoms with van der Waals surface area (Å²) in [5, 5.41) is 10.4. The minimum absolute atomic E-state index is 0.0510. The molecule has 16 heavy (non-hydrogen) atoms. The fraction of sp³-hybridized carbons (Fsp3) is 0.273. The van der Waals surface area contributed by atoms with Gasteiger partial charge in [0, 0.05) is 23.8 Å². The number of carboxylic acid groups (broad SMARTS) is 1. The zero-order chi connectivity index (χ0) is 11.5. The van der Waals surface area contributed by atoms with Gasteiger partial charge in [0.2, 0.25) is 5.91 Å². The smallest absolute Gasteiger partial charge is 0.237 e. The number of fused-ring (bicyclic) bond motifs is 1. The average Bonchev–Trinajstić information content (AvgIpc) is 2.27. The molecule has 0 bridgehead atoms. The highest BCUT2D eigenvalue weighted by molar-refractivity contribution is 8.00. The minimum Gasteiger partial charge on any atom is -0.550 e. The molecule has 0 atom stereocenters. The fourth-order valence-electron chi connectivity index (χ4n) is 1.60. The monoisotopic (exact) mass is 236 g/mol. The topological polar surface area (TPSA) is 60.4 Å². The second-order valence-electron chi connectivity index (χ2n) is 3.42. The second kappa shape index (κ2) is 4.57. The van der Waals surface area contributed by atoms with E-state index in [1.807, 2.05) is 24.3 Å². The quantitative estimate of drug-likeness (QED) is 0.755. The van der Waals surface area contributed by atoms with Crippen LogP contribution in [0.5, 0.6) is 0 Å². The van der Waals surface area contributed by atoms with Crippen molar-refractivity contribution in [1.29, 1.82) is 0 Å². The molecule has 84 valence electrons.